The van der Waals surface area contributed by atoms with E-state index in [-0.39, 0.29) is 5.82 Å². The number of hydrogen-bond acceptors (Lipinski definition) is 2. The quantitative estimate of drug-likeness (QED) is 0.780. The molecule has 0 spiro atoms. The molecule has 112 valence electrons. The molecule has 20 heavy (non-hydrogen) atoms. The van der Waals surface area contributed by atoms with Crippen LogP contribution in [-0.2, 0) is 6.54 Å². The predicted octanol–water partition coefficient (Wildman–Crippen LogP) is 3.57. The van der Waals surface area contributed by atoms with Crippen molar-refractivity contribution >= 4 is 17.2 Å². The van der Waals surface area contributed by atoms with Gasteiger partial charge in [0.05, 0.1) is 0 Å². The van der Waals surface area contributed by atoms with E-state index in [4.69, 9.17) is 18.0 Å². The summed E-state index contributed by atoms with van der Waals surface area (Å²) in [6.07, 6.45) is 0. The highest BCUT2D eigenvalue weighted by Crippen LogP contribution is 2.16. The normalized spacial score (nSPS) is 11.6. The largest absolute Gasteiger partial charge is 0.389 e. The zero-order valence-corrected chi connectivity index (χ0v) is 13.6. The maximum Gasteiger partial charge on any atom is 0.123 e. The van der Waals surface area contributed by atoms with Crippen LogP contribution in [0.3, 0.4) is 0 Å². The number of nitrogens with zero attached hydrogens (tertiary/aromatic N) is 1. The van der Waals surface area contributed by atoms with Crippen molar-refractivity contribution < 1.29 is 4.39 Å². The minimum atomic E-state index is -0.242. The van der Waals surface area contributed by atoms with Crippen molar-refractivity contribution in [2.24, 2.45) is 17.6 Å². The summed E-state index contributed by atoms with van der Waals surface area (Å²) in [4.78, 5) is 2.67. The second-order valence-corrected chi connectivity index (χ2v) is 6.59. The number of benzene rings is 1. The fourth-order valence-electron chi connectivity index (χ4n) is 2.41. The molecule has 0 heterocycles. The Labute approximate surface area is 127 Å². The summed E-state index contributed by atoms with van der Waals surface area (Å²) >= 11 is 5.06. The Morgan fingerprint density at radius 2 is 1.75 bits per heavy atom. The maximum atomic E-state index is 13.5. The van der Waals surface area contributed by atoms with Crippen LogP contribution in [0.1, 0.15) is 38.8 Å². The first-order valence-corrected chi connectivity index (χ1v) is 7.51. The zero-order chi connectivity index (χ0) is 15.3. The average Bonchev–Trinajstić information content (AvgIpc) is 2.26. The Hall–Kier alpha value is -1.00. The molecule has 0 aliphatic heterocycles. The third-order valence-corrected chi connectivity index (χ3v) is 3.19. The number of halogens is 1. The molecule has 0 aliphatic rings. The van der Waals surface area contributed by atoms with Gasteiger partial charge in [0, 0.05) is 25.2 Å². The Balaban J connectivity index is 2.96. The number of hydrogen-bond donors (Lipinski definition) is 1. The number of thiocarbonyl (C=S) groups is 1. The third kappa shape index (κ3) is 5.55. The van der Waals surface area contributed by atoms with Gasteiger partial charge in [-0.25, -0.2) is 4.39 Å². The third-order valence-electron chi connectivity index (χ3n) is 2.97. The van der Waals surface area contributed by atoms with Crippen LogP contribution in [0.2, 0.25) is 0 Å². The van der Waals surface area contributed by atoms with E-state index in [1.807, 2.05) is 0 Å². The van der Waals surface area contributed by atoms with E-state index in [1.54, 1.807) is 12.1 Å². The monoisotopic (exact) mass is 296 g/mol. The van der Waals surface area contributed by atoms with Gasteiger partial charge in [-0.05, 0) is 35.6 Å². The van der Waals surface area contributed by atoms with Crippen molar-refractivity contribution in [1.82, 2.24) is 4.90 Å². The van der Waals surface area contributed by atoms with Gasteiger partial charge in [-0.2, -0.15) is 0 Å². The molecule has 2 nitrogen and oxygen atoms in total. The van der Waals surface area contributed by atoms with E-state index >= 15 is 0 Å². The lowest BCUT2D eigenvalue weighted by Gasteiger charge is -2.27. The second kappa shape index (κ2) is 7.70. The van der Waals surface area contributed by atoms with Crippen LogP contribution >= 0.6 is 12.2 Å². The van der Waals surface area contributed by atoms with Crippen molar-refractivity contribution in [2.75, 3.05) is 13.1 Å². The van der Waals surface area contributed by atoms with Gasteiger partial charge in [0.25, 0.3) is 0 Å². The van der Waals surface area contributed by atoms with E-state index < -0.39 is 0 Å². The summed E-state index contributed by atoms with van der Waals surface area (Å²) in [6.45, 7) is 11.4. The molecule has 1 rings (SSSR count). The van der Waals surface area contributed by atoms with Gasteiger partial charge in [-0.15, -0.1) is 0 Å². The van der Waals surface area contributed by atoms with Gasteiger partial charge in [0.15, 0.2) is 0 Å². The SMILES string of the molecule is CC(C)CN(Cc1cc(F)ccc1C(N)=S)CC(C)C. The fraction of sp³-hybridized carbons (Fsp3) is 0.562. The van der Waals surface area contributed by atoms with E-state index in [0.717, 1.165) is 24.2 Å². The molecule has 0 radical (unpaired) electrons. The molecule has 2 N–H and O–H groups in total. The van der Waals surface area contributed by atoms with Crippen LogP contribution in [-0.4, -0.2) is 23.0 Å². The fourth-order valence-corrected chi connectivity index (χ4v) is 2.61. The topological polar surface area (TPSA) is 29.3 Å². The Morgan fingerprint density at radius 1 is 1.20 bits per heavy atom. The van der Waals surface area contributed by atoms with Gasteiger partial charge in [-0.3, -0.25) is 4.90 Å². The Bertz CT molecular complexity index is 448. The predicted molar refractivity (Wildman–Crippen MR) is 87.2 cm³/mol. The molecule has 0 saturated heterocycles. The van der Waals surface area contributed by atoms with Crippen LogP contribution in [0.25, 0.3) is 0 Å². The first-order valence-electron chi connectivity index (χ1n) is 7.10. The van der Waals surface area contributed by atoms with Crippen molar-refractivity contribution in [3.8, 4) is 0 Å². The van der Waals surface area contributed by atoms with Gasteiger partial charge in [0.2, 0.25) is 0 Å². The average molecular weight is 296 g/mol. The maximum absolute atomic E-state index is 13.5. The molecular formula is C16H25FN2S. The van der Waals surface area contributed by atoms with Crippen molar-refractivity contribution in [3.05, 3.63) is 35.1 Å². The lowest BCUT2D eigenvalue weighted by molar-refractivity contribution is 0.211. The summed E-state index contributed by atoms with van der Waals surface area (Å²) in [7, 11) is 0. The molecule has 0 saturated carbocycles. The Kier molecular flexibility index (Phi) is 6.56. The zero-order valence-electron chi connectivity index (χ0n) is 12.8. The van der Waals surface area contributed by atoms with Crippen LogP contribution in [0, 0.1) is 17.7 Å². The van der Waals surface area contributed by atoms with Gasteiger partial charge < -0.3 is 5.73 Å². The number of nitrogens with two attached hydrogens (primary N) is 1. The molecule has 0 amide bonds. The Morgan fingerprint density at radius 3 is 2.20 bits per heavy atom. The summed E-state index contributed by atoms with van der Waals surface area (Å²) in [6, 6.07) is 4.63. The molecule has 0 aliphatic carbocycles. The molecule has 4 heteroatoms. The molecule has 1 aromatic rings. The smallest absolute Gasteiger partial charge is 0.123 e. The molecule has 0 aromatic heterocycles. The van der Waals surface area contributed by atoms with E-state index in [1.165, 1.54) is 6.07 Å². The minimum Gasteiger partial charge on any atom is -0.389 e. The molecular weight excluding hydrogens is 271 g/mol. The van der Waals surface area contributed by atoms with Crippen LogP contribution in [0.4, 0.5) is 4.39 Å². The second-order valence-electron chi connectivity index (χ2n) is 6.15. The first-order chi connectivity index (χ1) is 9.29. The molecule has 0 atom stereocenters. The lowest BCUT2D eigenvalue weighted by Crippen LogP contribution is -2.31. The standard InChI is InChI=1S/C16H25FN2S/c1-11(2)8-19(9-12(3)4)10-13-7-14(17)5-6-15(13)16(18)20/h5-7,11-12H,8-10H2,1-4H3,(H2,18,20). The van der Waals surface area contributed by atoms with Crippen molar-refractivity contribution in [1.29, 1.82) is 0 Å². The minimum absolute atomic E-state index is 0.242. The number of rotatable bonds is 7. The van der Waals surface area contributed by atoms with E-state index in [0.29, 0.717) is 23.4 Å². The van der Waals surface area contributed by atoms with Crippen LogP contribution in [0.5, 0.6) is 0 Å². The van der Waals surface area contributed by atoms with Crippen LogP contribution in [0.15, 0.2) is 18.2 Å². The summed E-state index contributed by atoms with van der Waals surface area (Å²) < 4.78 is 13.5. The highest BCUT2D eigenvalue weighted by molar-refractivity contribution is 7.80. The van der Waals surface area contributed by atoms with Crippen LogP contribution < -0.4 is 5.73 Å². The van der Waals surface area contributed by atoms with Gasteiger partial charge in [-0.1, -0.05) is 39.9 Å². The molecule has 0 bridgehead atoms. The summed E-state index contributed by atoms with van der Waals surface area (Å²) in [5, 5.41) is 0. The molecule has 1 aromatic carbocycles. The van der Waals surface area contributed by atoms with Crippen molar-refractivity contribution in [3.63, 3.8) is 0 Å². The van der Waals surface area contributed by atoms with Gasteiger partial charge in [0.1, 0.15) is 10.8 Å². The first kappa shape index (κ1) is 17.1. The van der Waals surface area contributed by atoms with Gasteiger partial charge >= 0.3 is 0 Å². The van der Waals surface area contributed by atoms with Crippen molar-refractivity contribution in [2.45, 2.75) is 34.2 Å². The highest BCUT2D eigenvalue weighted by Gasteiger charge is 2.14. The molecule has 0 fully saturated rings. The van der Waals surface area contributed by atoms with E-state index in [2.05, 4.69) is 32.6 Å². The molecule has 0 unspecified atom stereocenters. The summed E-state index contributed by atoms with van der Waals surface area (Å²) in [5.74, 6) is 0.889. The lowest BCUT2D eigenvalue weighted by atomic mass is 10.0. The summed E-state index contributed by atoms with van der Waals surface area (Å²) in [5.41, 5.74) is 7.38. The van der Waals surface area contributed by atoms with E-state index in [9.17, 15) is 4.39 Å². The highest BCUT2D eigenvalue weighted by atomic mass is 32.1.